The van der Waals surface area contributed by atoms with Crippen LogP contribution in [0.15, 0.2) is 18.2 Å². The van der Waals surface area contributed by atoms with Gasteiger partial charge in [-0.2, -0.15) is 0 Å². The number of aromatic hydroxyl groups is 1. The minimum absolute atomic E-state index is 0.0251. The maximum Gasteiger partial charge on any atom is 0.135 e. The van der Waals surface area contributed by atoms with Crippen LogP contribution in [0.25, 0.3) is 0 Å². The average molecular weight is 153 g/mol. The highest BCUT2D eigenvalue weighted by atomic mass is 35.5. The van der Waals surface area contributed by atoms with Crippen LogP contribution in [0.1, 0.15) is 5.56 Å². The summed E-state index contributed by atoms with van der Waals surface area (Å²) in [6.45, 7) is 0. The zero-order valence-corrected chi connectivity index (χ0v) is 5.89. The maximum atomic E-state index is 9.00. The third-order valence-electron chi connectivity index (χ3n) is 1.13. The van der Waals surface area contributed by atoms with Crippen LogP contribution in [0, 0.1) is 12.3 Å². The number of phenolic OH excluding ortho intramolecular Hbond substituents is 1. The van der Waals surface area contributed by atoms with E-state index >= 15 is 0 Å². The van der Waals surface area contributed by atoms with Gasteiger partial charge in [-0.1, -0.05) is 23.6 Å². The quantitative estimate of drug-likeness (QED) is 0.564. The van der Waals surface area contributed by atoms with Gasteiger partial charge in [0.25, 0.3) is 0 Å². The van der Waals surface area contributed by atoms with E-state index in [4.69, 9.17) is 23.1 Å². The molecule has 0 spiro atoms. The number of phenols is 1. The van der Waals surface area contributed by atoms with Gasteiger partial charge < -0.3 is 5.11 Å². The molecule has 1 nitrogen and oxygen atoms in total. The molecule has 1 aromatic rings. The minimum atomic E-state index is 0.0251. The number of hydrogen-bond donors (Lipinski definition) is 1. The topological polar surface area (TPSA) is 20.2 Å². The molecule has 1 aromatic carbocycles. The van der Waals surface area contributed by atoms with E-state index in [1.165, 1.54) is 6.07 Å². The Bertz CT molecular complexity index is 286. The second-order valence-electron chi connectivity index (χ2n) is 1.78. The van der Waals surface area contributed by atoms with Crippen molar-refractivity contribution in [2.24, 2.45) is 0 Å². The molecule has 0 unspecified atom stereocenters. The van der Waals surface area contributed by atoms with Crippen molar-refractivity contribution in [1.82, 2.24) is 0 Å². The van der Waals surface area contributed by atoms with E-state index in [1.54, 1.807) is 12.1 Å². The zero-order valence-electron chi connectivity index (χ0n) is 5.13. The molecule has 0 saturated carbocycles. The van der Waals surface area contributed by atoms with Gasteiger partial charge in [0.1, 0.15) is 5.75 Å². The van der Waals surface area contributed by atoms with Crippen molar-refractivity contribution >= 4 is 11.6 Å². The molecule has 0 aliphatic heterocycles. The van der Waals surface area contributed by atoms with E-state index in [2.05, 4.69) is 5.92 Å². The van der Waals surface area contributed by atoms with E-state index in [0.717, 1.165) is 0 Å². The molecule has 0 saturated heterocycles. The monoisotopic (exact) mass is 152 g/mol. The van der Waals surface area contributed by atoms with E-state index in [-0.39, 0.29) is 10.8 Å². The van der Waals surface area contributed by atoms with Gasteiger partial charge in [0.2, 0.25) is 0 Å². The van der Waals surface area contributed by atoms with E-state index in [1.807, 2.05) is 0 Å². The highest BCUT2D eigenvalue weighted by molar-refractivity contribution is 6.33. The Labute approximate surface area is 64.3 Å². The van der Waals surface area contributed by atoms with Crippen LogP contribution in [-0.2, 0) is 0 Å². The highest BCUT2D eigenvalue weighted by Crippen LogP contribution is 2.25. The molecule has 0 aliphatic carbocycles. The summed E-state index contributed by atoms with van der Waals surface area (Å²) >= 11 is 5.60. The molecule has 0 heterocycles. The summed E-state index contributed by atoms with van der Waals surface area (Å²) in [4.78, 5) is 0. The molecule has 10 heavy (non-hydrogen) atoms. The van der Waals surface area contributed by atoms with Crippen LogP contribution in [0.4, 0.5) is 0 Å². The minimum Gasteiger partial charge on any atom is -0.506 e. The number of rotatable bonds is 0. The number of terminal acetylenes is 1. The Balaban J connectivity index is 3.31. The van der Waals surface area contributed by atoms with Crippen molar-refractivity contribution < 1.29 is 5.11 Å². The molecule has 1 N–H and O–H groups in total. The molecular weight excluding hydrogens is 148 g/mol. The van der Waals surface area contributed by atoms with Crippen molar-refractivity contribution in [2.45, 2.75) is 0 Å². The standard InChI is InChI=1S/C8H5ClO/c1-2-6-4-3-5-7(10)8(6)9/h1,3-5,10H. The van der Waals surface area contributed by atoms with Crippen molar-refractivity contribution in [2.75, 3.05) is 0 Å². The lowest BCUT2D eigenvalue weighted by atomic mass is 10.2. The Kier molecular flexibility index (Phi) is 1.84. The van der Waals surface area contributed by atoms with Crippen molar-refractivity contribution in [3.05, 3.63) is 28.8 Å². The molecule has 2 heteroatoms. The Morgan fingerprint density at radius 2 is 2.20 bits per heavy atom. The average Bonchev–Trinajstić information content (AvgIpc) is 1.95. The molecule has 1 rings (SSSR count). The van der Waals surface area contributed by atoms with Crippen LogP contribution >= 0.6 is 11.6 Å². The largest absolute Gasteiger partial charge is 0.506 e. The highest BCUT2D eigenvalue weighted by Gasteiger charge is 1.99. The zero-order chi connectivity index (χ0) is 7.56. The lowest BCUT2D eigenvalue weighted by molar-refractivity contribution is 0.475. The van der Waals surface area contributed by atoms with Gasteiger partial charge in [0.15, 0.2) is 0 Å². The fraction of sp³-hybridized carbons (Fsp3) is 0. The molecule has 0 amide bonds. The van der Waals surface area contributed by atoms with Crippen LogP contribution in [-0.4, -0.2) is 5.11 Å². The summed E-state index contributed by atoms with van der Waals surface area (Å²) in [5.74, 6) is 2.37. The molecule has 0 aliphatic rings. The second-order valence-corrected chi connectivity index (χ2v) is 2.16. The summed E-state index contributed by atoms with van der Waals surface area (Å²) in [6.07, 6.45) is 5.07. The maximum absolute atomic E-state index is 9.00. The first kappa shape index (κ1) is 6.98. The summed E-state index contributed by atoms with van der Waals surface area (Å²) in [6, 6.07) is 4.81. The van der Waals surface area contributed by atoms with Crippen LogP contribution in [0.2, 0.25) is 5.02 Å². The smallest absolute Gasteiger partial charge is 0.135 e. The predicted octanol–water partition coefficient (Wildman–Crippen LogP) is 2.03. The summed E-state index contributed by atoms with van der Waals surface area (Å²) in [7, 11) is 0. The normalized spacial score (nSPS) is 8.80. The molecule has 0 aromatic heterocycles. The third kappa shape index (κ3) is 1.07. The van der Waals surface area contributed by atoms with Crippen molar-refractivity contribution in [3.8, 4) is 18.1 Å². The van der Waals surface area contributed by atoms with E-state index < -0.39 is 0 Å². The second kappa shape index (κ2) is 2.64. The van der Waals surface area contributed by atoms with E-state index in [0.29, 0.717) is 5.56 Å². The lowest BCUT2D eigenvalue weighted by Crippen LogP contribution is -1.75. The molecule has 0 atom stereocenters. The van der Waals surface area contributed by atoms with Gasteiger partial charge in [-0.25, -0.2) is 0 Å². The first-order valence-corrected chi connectivity index (χ1v) is 3.07. The Hall–Kier alpha value is -1.13. The number of hydrogen-bond acceptors (Lipinski definition) is 1. The van der Waals surface area contributed by atoms with Crippen LogP contribution < -0.4 is 0 Å². The van der Waals surface area contributed by atoms with E-state index in [9.17, 15) is 0 Å². The van der Waals surface area contributed by atoms with Crippen LogP contribution in [0.3, 0.4) is 0 Å². The number of benzene rings is 1. The SMILES string of the molecule is C#Cc1cccc(O)c1Cl. The summed E-state index contributed by atoms with van der Waals surface area (Å²) in [5, 5.41) is 9.24. The molecule has 0 bridgehead atoms. The van der Waals surface area contributed by atoms with Gasteiger partial charge >= 0.3 is 0 Å². The summed E-state index contributed by atoms with van der Waals surface area (Å²) in [5.41, 5.74) is 0.515. The Morgan fingerprint density at radius 1 is 1.50 bits per heavy atom. The fourth-order valence-electron chi connectivity index (χ4n) is 0.631. The predicted molar refractivity (Wildman–Crippen MR) is 41.1 cm³/mol. The Morgan fingerprint density at radius 3 is 2.70 bits per heavy atom. The van der Waals surface area contributed by atoms with Crippen molar-refractivity contribution in [3.63, 3.8) is 0 Å². The summed E-state index contributed by atoms with van der Waals surface area (Å²) < 4.78 is 0. The molecule has 0 fully saturated rings. The third-order valence-corrected chi connectivity index (χ3v) is 1.53. The molecular formula is C8H5ClO. The lowest BCUT2D eigenvalue weighted by Gasteiger charge is -1.96. The van der Waals surface area contributed by atoms with Gasteiger partial charge in [0, 0.05) is 5.56 Å². The first-order valence-electron chi connectivity index (χ1n) is 2.70. The van der Waals surface area contributed by atoms with Gasteiger partial charge in [0.05, 0.1) is 5.02 Å². The van der Waals surface area contributed by atoms with Crippen molar-refractivity contribution in [1.29, 1.82) is 0 Å². The van der Waals surface area contributed by atoms with Gasteiger partial charge in [-0.05, 0) is 12.1 Å². The fourth-order valence-corrected chi connectivity index (χ4v) is 0.812. The van der Waals surface area contributed by atoms with Crippen LogP contribution in [0.5, 0.6) is 5.75 Å². The van der Waals surface area contributed by atoms with Gasteiger partial charge in [-0.15, -0.1) is 6.42 Å². The first-order chi connectivity index (χ1) is 4.75. The number of halogens is 1. The molecule has 50 valence electrons. The molecule has 0 radical (unpaired) electrons. The van der Waals surface area contributed by atoms with Gasteiger partial charge in [-0.3, -0.25) is 0 Å².